The minimum atomic E-state index is -0.402. The van der Waals surface area contributed by atoms with E-state index in [4.69, 9.17) is 9.47 Å². The molecule has 3 aromatic rings. The highest BCUT2D eigenvalue weighted by Crippen LogP contribution is 2.31. The van der Waals surface area contributed by atoms with Crippen LogP contribution in [0.4, 0.5) is 0 Å². The number of aromatic amines is 1. The fourth-order valence-electron chi connectivity index (χ4n) is 3.32. The van der Waals surface area contributed by atoms with Gasteiger partial charge in [0.05, 0.1) is 31.3 Å². The van der Waals surface area contributed by atoms with E-state index in [0.717, 1.165) is 22.2 Å². The Morgan fingerprint density at radius 1 is 1.23 bits per heavy atom. The number of para-hydroxylation sites is 2. The quantitative estimate of drug-likeness (QED) is 0.451. The number of nitrogens with one attached hydrogen (secondary N) is 1. The summed E-state index contributed by atoms with van der Waals surface area (Å²) >= 11 is 0. The van der Waals surface area contributed by atoms with Gasteiger partial charge < -0.3 is 19.6 Å². The predicted molar refractivity (Wildman–Crippen MR) is 116 cm³/mol. The highest BCUT2D eigenvalue weighted by Gasteiger charge is 2.22. The molecule has 3 rings (SSSR count). The van der Waals surface area contributed by atoms with Crippen molar-refractivity contribution >= 4 is 16.6 Å². The summed E-state index contributed by atoms with van der Waals surface area (Å²) in [5.74, 6) is 1.66. The Morgan fingerprint density at radius 3 is 2.53 bits per heavy atom. The first-order valence-corrected chi connectivity index (χ1v) is 9.59. The van der Waals surface area contributed by atoms with Crippen LogP contribution in [-0.4, -0.2) is 47.3 Å². The van der Waals surface area contributed by atoms with Crippen molar-refractivity contribution < 1.29 is 14.6 Å². The second-order valence-corrected chi connectivity index (χ2v) is 7.20. The van der Waals surface area contributed by atoms with E-state index >= 15 is 0 Å². The summed E-state index contributed by atoms with van der Waals surface area (Å²) in [4.78, 5) is 9.51. The van der Waals surface area contributed by atoms with Crippen LogP contribution in [0.15, 0.2) is 42.2 Å². The number of hydrogen-bond donors (Lipinski definition) is 2. The van der Waals surface area contributed by atoms with Gasteiger partial charge in [-0.15, -0.1) is 0 Å². The highest BCUT2D eigenvalue weighted by molar-refractivity contribution is 5.83. The molecule has 0 aliphatic heterocycles. The molecule has 30 heavy (non-hydrogen) atoms. The highest BCUT2D eigenvalue weighted by atomic mass is 16.5. The number of allylic oxidation sites excluding steroid dienone is 1. The molecule has 0 bridgehead atoms. The zero-order chi connectivity index (χ0) is 21.8. The van der Waals surface area contributed by atoms with Crippen molar-refractivity contribution in [1.29, 1.82) is 5.26 Å². The van der Waals surface area contributed by atoms with E-state index in [2.05, 4.69) is 16.0 Å². The molecule has 0 saturated heterocycles. The maximum Gasteiger partial charge on any atom is 0.161 e. The second kappa shape index (κ2) is 8.89. The van der Waals surface area contributed by atoms with Crippen LogP contribution in [0.5, 0.6) is 11.5 Å². The smallest absolute Gasteiger partial charge is 0.161 e. The molecule has 0 unspecified atom stereocenters. The fraction of sp³-hybridized carbons (Fsp3) is 0.304. The Hall–Kier alpha value is -3.50. The van der Waals surface area contributed by atoms with Crippen molar-refractivity contribution in [2.75, 3.05) is 21.3 Å². The predicted octanol–water partition coefficient (Wildman–Crippen LogP) is 4.20. The molecule has 0 radical (unpaired) electrons. The Balaban J connectivity index is 1.89. The zero-order valence-electron chi connectivity index (χ0n) is 17.9. The number of hydrogen-bond acceptors (Lipinski definition) is 6. The van der Waals surface area contributed by atoms with E-state index in [1.807, 2.05) is 62.2 Å². The van der Waals surface area contributed by atoms with Gasteiger partial charge in [0.25, 0.3) is 0 Å². The number of likely N-dealkylation sites (N-methyl/N-ethyl adjacent to an activating group) is 1. The number of rotatable bonds is 7. The van der Waals surface area contributed by atoms with Gasteiger partial charge in [-0.2, -0.15) is 5.26 Å². The van der Waals surface area contributed by atoms with Crippen molar-refractivity contribution in [3.8, 4) is 17.6 Å². The molecule has 0 spiro atoms. The average molecular weight is 406 g/mol. The Bertz CT molecular complexity index is 1090. The lowest BCUT2D eigenvalue weighted by atomic mass is 10.1. The van der Waals surface area contributed by atoms with Gasteiger partial charge in [0.1, 0.15) is 17.4 Å². The van der Waals surface area contributed by atoms with E-state index in [0.29, 0.717) is 23.9 Å². The Kier molecular flexibility index (Phi) is 6.28. The summed E-state index contributed by atoms with van der Waals surface area (Å²) in [6.45, 7) is 4.41. The van der Waals surface area contributed by atoms with E-state index in [9.17, 15) is 10.4 Å². The van der Waals surface area contributed by atoms with E-state index < -0.39 is 6.04 Å². The number of ether oxygens (including phenoxy) is 2. The first kappa shape index (κ1) is 21.2. The minimum absolute atomic E-state index is 0.0304. The average Bonchev–Trinajstić information content (AvgIpc) is 3.18. The van der Waals surface area contributed by atoms with Crippen LogP contribution in [0.3, 0.4) is 0 Å². The van der Waals surface area contributed by atoms with Crippen molar-refractivity contribution in [1.82, 2.24) is 14.9 Å². The summed E-state index contributed by atoms with van der Waals surface area (Å²) < 4.78 is 10.8. The monoisotopic (exact) mass is 406 g/mol. The first-order chi connectivity index (χ1) is 14.4. The topological polar surface area (TPSA) is 94.4 Å². The van der Waals surface area contributed by atoms with Crippen molar-refractivity contribution in [3.05, 3.63) is 59.1 Å². The molecule has 1 atom stereocenters. The molecule has 7 heteroatoms. The third kappa shape index (κ3) is 4.09. The molecule has 156 valence electrons. The summed E-state index contributed by atoms with van der Waals surface area (Å²) in [6.07, 6.45) is 0. The number of nitrogens with zero attached hydrogens (tertiary/aromatic N) is 3. The first-order valence-electron chi connectivity index (χ1n) is 9.59. The molecule has 7 nitrogen and oxygen atoms in total. The summed E-state index contributed by atoms with van der Waals surface area (Å²) in [6, 6.07) is 13.1. The molecule has 0 fully saturated rings. The number of imidazole rings is 1. The molecular formula is C23H26N4O3. The molecule has 0 amide bonds. The fourth-order valence-corrected chi connectivity index (χ4v) is 3.32. The van der Waals surface area contributed by atoms with Gasteiger partial charge in [-0.05, 0) is 56.3 Å². The third-order valence-electron chi connectivity index (χ3n) is 5.31. The Labute approximate surface area is 176 Å². The van der Waals surface area contributed by atoms with Crippen LogP contribution >= 0.6 is 0 Å². The zero-order valence-corrected chi connectivity index (χ0v) is 17.9. The molecular weight excluding hydrogens is 380 g/mol. The number of methoxy groups -OCH3 is 2. The normalized spacial score (nSPS) is 13.1. The van der Waals surface area contributed by atoms with Gasteiger partial charge in [-0.1, -0.05) is 12.1 Å². The van der Waals surface area contributed by atoms with Crippen LogP contribution in [-0.2, 0) is 6.54 Å². The van der Waals surface area contributed by atoms with E-state index in [-0.39, 0.29) is 11.3 Å². The standard InChI is InChI=1S/C23H26N4O3/c1-14-10-20(29-4)21(30-5)11-16(14)13-27(3)15(2)22(28)17(12-24)23-25-18-8-6-7-9-19(18)26-23/h6-11,15,28H,13H2,1-5H3,(H,25,26)/b22-17-/t15-/m1/s1. The van der Waals surface area contributed by atoms with Gasteiger partial charge in [-0.25, -0.2) is 4.98 Å². The number of aliphatic hydroxyl groups is 1. The van der Waals surface area contributed by atoms with Crippen molar-refractivity contribution in [2.45, 2.75) is 26.4 Å². The van der Waals surface area contributed by atoms with Crippen molar-refractivity contribution in [2.24, 2.45) is 0 Å². The number of aryl methyl sites for hydroxylation is 1. The second-order valence-electron chi connectivity index (χ2n) is 7.20. The number of aliphatic hydroxyl groups excluding tert-OH is 1. The van der Waals surface area contributed by atoms with Gasteiger partial charge in [0.2, 0.25) is 0 Å². The van der Waals surface area contributed by atoms with Crippen LogP contribution in [0.2, 0.25) is 0 Å². The third-order valence-corrected chi connectivity index (χ3v) is 5.31. The SMILES string of the molecule is COc1cc(C)c(CN(C)[C@H](C)/C(O)=C(\C#N)c2nc3ccccc3[nH]2)cc1OC. The van der Waals surface area contributed by atoms with Gasteiger partial charge in [0.15, 0.2) is 17.3 Å². The maximum absolute atomic E-state index is 10.9. The van der Waals surface area contributed by atoms with Gasteiger partial charge in [-0.3, -0.25) is 4.90 Å². The summed E-state index contributed by atoms with van der Waals surface area (Å²) in [5.41, 5.74) is 3.78. The molecule has 0 aliphatic rings. The summed E-state index contributed by atoms with van der Waals surface area (Å²) in [7, 11) is 5.10. The lowest BCUT2D eigenvalue weighted by molar-refractivity contribution is 0.216. The van der Waals surface area contributed by atoms with Crippen LogP contribution in [0.1, 0.15) is 23.9 Å². The number of fused-ring (bicyclic) bond motifs is 1. The van der Waals surface area contributed by atoms with E-state index in [1.54, 1.807) is 14.2 Å². The number of nitriles is 1. The van der Waals surface area contributed by atoms with Crippen molar-refractivity contribution in [3.63, 3.8) is 0 Å². The van der Waals surface area contributed by atoms with Crippen LogP contribution in [0, 0.1) is 18.3 Å². The number of benzene rings is 2. The molecule has 0 saturated carbocycles. The Morgan fingerprint density at radius 2 is 1.90 bits per heavy atom. The number of aromatic nitrogens is 2. The molecule has 1 heterocycles. The minimum Gasteiger partial charge on any atom is -0.509 e. The molecule has 2 aromatic carbocycles. The van der Waals surface area contributed by atoms with Gasteiger partial charge >= 0.3 is 0 Å². The number of H-pyrrole nitrogens is 1. The molecule has 0 aliphatic carbocycles. The largest absolute Gasteiger partial charge is 0.509 e. The maximum atomic E-state index is 10.9. The lowest BCUT2D eigenvalue weighted by Crippen LogP contribution is -2.31. The molecule has 1 aromatic heterocycles. The van der Waals surface area contributed by atoms with Gasteiger partial charge in [0, 0.05) is 6.54 Å². The summed E-state index contributed by atoms with van der Waals surface area (Å²) in [5, 5.41) is 20.6. The molecule has 2 N–H and O–H groups in total. The van der Waals surface area contributed by atoms with Crippen LogP contribution < -0.4 is 9.47 Å². The van der Waals surface area contributed by atoms with Crippen LogP contribution in [0.25, 0.3) is 16.6 Å². The van der Waals surface area contributed by atoms with E-state index in [1.165, 1.54) is 0 Å². The lowest BCUT2D eigenvalue weighted by Gasteiger charge is -2.26.